The average molecular weight is 527 g/mol. The first-order valence-electron chi connectivity index (χ1n) is 10.4. The second-order valence-electron chi connectivity index (χ2n) is 7.38. The van der Waals surface area contributed by atoms with Gasteiger partial charge in [0.15, 0.2) is 17.2 Å². The third-order valence-corrected chi connectivity index (χ3v) is 5.66. The predicted molar refractivity (Wildman–Crippen MR) is 133 cm³/mol. The summed E-state index contributed by atoms with van der Waals surface area (Å²) in [6, 6.07) is 18.9. The van der Waals surface area contributed by atoms with Gasteiger partial charge in [0.2, 0.25) is 5.90 Å². The molecule has 0 saturated heterocycles. The first kappa shape index (κ1) is 23.1. The van der Waals surface area contributed by atoms with Gasteiger partial charge in [-0.05, 0) is 67.4 Å². The lowest BCUT2D eigenvalue weighted by Gasteiger charge is -2.14. The van der Waals surface area contributed by atoms with Crippen LogP contribution in [-0.2, 0) is 16.1 Å². The number of carbonyl (C=O) groups is 1. The van der Waals surface area contributed by atoms with E-state index in [1.54, 1.807) is 18.2 Å². The van der Waals surface area contributed by atoms with E-state index in [1.807, 2.05) is 62.4 Å². The lowest BCUT2D eigenvalue weighted by atomic mass is 10.1. The Bertz CT molecular complexity index is 1230. The largest absolute Gasteiger partial charge is 0.490 e. The van der Waals surface area contributed by atoms with Crippen LogP contribution in [-0.4, -0.2) is 18.5 Å². The van der Waals surface area contributed by atoms with Crippen molar-refractivity contribution in [2.45, 2.75) is 20.5 Å². The number of ether oxygens (including phenoxy) is 3. The molecule has 0 radical (unpaired) electrons. The third-order valence-electron chi connectivity index (χ3n) is 4.85. The molecule has 0 fully saturated rings. The van der Waals surface area contributed by atoms with Crippen molar-refractivity contribution in [1.82, 2.24) is 0 Å². The monoisotopic (exact) mass is 525 g/mol. The molecule has 33 heavy (non-hydrogen) atoms. The van der Waals surface area contributed by atoms with Crippen molar-refractivity contribution in [3.05, 3.63) is 98.1 Å². The Labute approximate surface area is 205 Å². The van der Waals surface area contributed by atoms with Crippen LogP contribution in [0.1, 0.15) is 29.2 Å². The van der Waals surface area contributed by atoms with Gasteiger partial charge in [-0.15, -0.1) is 0 Å². The number of esters is 1. The highest BCUT2D eigenvalue weighted by Gasteiger charge is 2.24. The lowest BCUT2D eigenvalue weighted by molar-refractivity contribution is -0.129. The number of aryl methyl sites for hydroxylation is 1. The average Bonchev–Trinajstić information content (AvgIpc) is 3.15. The molecule has 1 heterocycles. The van der Waals surface area contributed by atoms with Gasteiger partial charge in [-0.3, -0.25) is 0 Å². The van der Waals surface area contributed by atoms with E-state index in [1.165, 1.54) is 0 Å². The summed E-state index contributed by atoms with van der Waals surface area (Å²) < 4.78 is 18.1. The van der Waals surface area contributed by atoms with Crippen molar-refractivity contribution in [2.24, 2.45) is 4.99 Å². The van der Waals surface area contributed by atoms with Gasteiger partial charge in [0, 0.05) is 10.0 Å². The number of hydrogen-bond donors (Lipinski definition) is 0. The molecule has 0 saturated carbocycles. The summed E-state index contributed by atoms with van der Waals surface area (Å²) >= 11 is 9.95. The highest BCUT2D eigenvalue weighted by molar-refractivity contribution is 9.10. The molecule has 3 aromatic rings. The fourth-order valence-corrected chi connectivity index (χ4v) is 3.74. The topological polar surface area (TPSA) is 57.1 Å². The fraction of sp³-hybridized carbons (Fsp3) is 0.154. The standard InChI is InChI=1S/C26H21BrClNO4/c1-3-31-23-14-18(12-21(28)24(23)32-15-17-6-10-20(27)11-7-17)13-22-26(30)33-25(29-22)19-8-4-16(2)5-9-19/h4-14H,3,15H2,1-2H3/b22-13-. The first-order chi connectivity index (χ1) is 15.9. The van der Waals surface area contributed by atoms with E-state index in [0.717, 1.165) is 21.2 Å². The number of hydrogen-bond acceptors (Lipinski definition) is 5. The molecule has 7 heteroatoms. The molecular weight excluding hydrogens is 506 g/mol. The molecular formula is C26H21BrClNO4. The SMILES string of the molecule is CCOc1cc(/C=C2\N=C(c3ccc(C)cc3)OC2=O)cc(Cl)c1OCc1ccc(Br)cc1. The Morgan fingerprint density at radius 2 is 1.79 bits per heavy atom. The molecule has 1 aliphatic rings. The highest BCUT2D eigenvalue weighted by atomic mass is 79.9. The Kier molecular flexibility index (Phi) is 7.16. The molecule has 0 bridgehead atoms. The van der Waals surface area contributed by atoms with E-state index < -0.39 is 5.97 Å². The molecule has 3 aromatic carbocycles. The minimum atomic E-state index is -0.518. The second kappa shape index (κ2) is 10.2. The van der Waals surface area contributed by atoms with E-state index in [-0.39, 0.29) is 11.6 Å². The van der Waals surface area contributed by atoms with Gasteiger partial charge in [0.05, 0.1) is 11.6 Å². The van der Waals surface area contributed by atoms with E-state index in [4.69, 9.17) is 25.8 Å². The zero-order chi connectivity index (χ0) is 23.4. The lowest BCUT2D eigenvalue weighted by Crippen LogP contribution is -2.05. The van der Waals surface area contributed by atoms with Crippen LogP contribution in [0.2, 0.25) is 5.02 Å². The van der Waals surface area contributed by atoms with Crippen molar-refractivity contribution in [2.75, 3.05) is 6.61 Å². The van der Waals surface area contributed by atoms with Crippen LogP contribution in [0.15, 0.2) is 75.8 Å². The van der Waals surface area contributed by atoms with Crippen molar-refractivity contribution < 1.29 is 19.0 Å². The quantitative estimate of drug-likeness (QED) is 0.253. The zero-order valence-corrected chi connectivity index (χ0v) is 20.4. The highest BCUT2D eigenvalue weighted by Crippen LogP contribution is 2.38. The smallest absolute Gasteiger partial charge is 0.363 e. The van der Waals surface area contributed by atoms with E-state index >= 15 is 0 Å². The van der Waals surface area contributed by atoms with Gasteiger partial charge in [-0.2, -0.15) is 0 Å². The normalized spacial score (nSPS) is 14.2. The number of rotatable bonds is 7. The molecule has 0 unspecified atom stereocenters. The Morgan fingerprint density at radius 1 is 1.06 bits per heavy atom. The van der Waals surface area contributed by atoms with Gasteiger partial charge >= 0.3 is 5.97 Å². The van der Waals surface area contributed by atoms with Gasteiger partial charge < -0.3 is 14.2 Å². The fourth-order valence-electron chi connectivity index (χ4n) is 3.20. The molecule has 0 atom stereocenters. The number of cyclic esters (lactones) is 1. The predicted octanol–water partition coefficient (Wildman–Crippen LogP) is 6.73. The zero-order valence-electron chi connectivity index (χ0n) is 18.1. The summed E-state index contributed by atoms with van der Waals surface area (Å²) in [7, 11) is 0. The van der Waals surface area contributed by atoms with Gasteiger partial charge in [-0.1, -0.05) is 57.4 Å². The maximum Gasteiger partial charge on any atom is 0.363 e. The maximum absolute atomic E-state index is 12.4. The van der Waals surface area contributed by atoms with Crippen LogP contribution < -0.4 is 9.47 Å². The van der Waals surface area contributed by atoms with Crippen molar-refractivity contribution in [1.29, 1.82) is 0 Å². The number of carbonyl (C=O) groups excluding carboxylic acids is 1. The van der Waals surface area contributed by atoms with Crippen LogP contribution >= 0.6 is 27.5 Å². The molecule has 0 aliphatic carbocycles. The number of aliphatic imine (C=N–C) groups is 1. The third kappa shape index (κ3) is 5.64. The Morgan fingerprint density at radius 3 is 2.48 bits per heavy atom. The number of halogens is 2. The Hall–Kier alpha value is -3.09. The van der Waals surface area contributed by atoms with Gasteiger partial charge in [0.25, 0.3) is 0 Å². The number of nitrogens with zero attached hydrogens (tertiary/aromatic N) is 1. The molecule has 5 nitrogen and oxygen atoms in total. The van der Waals surface area contributed by atoms with Crippen LogP contribution in [0.25, 0.3) is 6.08 Å². The van der Waals surface area contributed by atoms with E-state index in [2.05, 4.69) is 20.9 Å². The van der Waals surface area contributed by atoms with Gasteiger partial charge in [-0.25, -0.2) is 9.79 Å². The van der Waals surface area contributed by atoms with Crippen molar-refractivity contribution >= 4 is 45.5 Å². The van der Waals surface area contributed by atoms with E-state index in [0.29, 0.717) is 35.3 Å². The molecule has 0 spiro atoms. The van der Waals surface area contributed by atoms with Crippen LogP contribution in [0.5, 0.6) is 11.5 Å². The molecule has 0 N–H and O–H groups in total. The van der Waals surface area contributed by atoms with Crippen LogP contribution in [0.3, 0.4) is 0 Å². The summed E-state index contributed by atoms with van der Waals surface area (Å²) in [6.45, 7) is 4.64. The minimum absolute atomic E-state index is 0.188. The second-order valence-corrected chi connectivity index (χ2v) is 8.70. The van der Waals surface area contributed by atoms with Gasteiger partial charge in [0.1, 0.15) is 6.61 Å². The molecule has 4 rings (SSSR count). The Balaban J connectivity index is 1.60. The number of benzene rings is 3. The molecule has 168 valence electrons. The van der Waals surface area contributed by atoms with E-state index in [9.17, 15) is 4.79 Å². The minimum Gasteiger partial charge on any atom is -0.490 e. The summed E-state index contributed by atoms with van der Waals surface area (Å²) in [5, 5.41) is 0.374. The van der Waals surface area contributed by atoms with Crippen LogP contribution in [0, 0.1) is 6.92 Å². The molecule has 0 amide bonds. The molecule has 1 aliphatic heterocycles. The first-order valence-corrected chi connectivity index (χ1v) is 11.5. The molecule has 0 aromatic heterocycles. The summed E-state index contributed by atoms with van der Waals surface area (Å²) in [5.74, 6) is 0.691. The summed E-state index contributed by atoms with van der Waals surface area (Å²) in [4.78, 5) is 16.7. The summed E-state index contributed by atoms with van der Waals surface area (Å²) in [6.07, 6.45) is 1.62. The summed E-state index contributed by atoms with van der Waals surface area (Å²) in [5.41, 5.74) is 3.68. The van der Waals surface area contributed by atoms with Crippen LogP contribution in [0.4, 0.5) is 0 Å². The van der Waals surface area contributed by atoms with Crippen molar-refractivity contribution in [3.8, 4) is 11.5 Å². The van der Waals surface area contributed by atoms with Crippen molar-refractivity contribution in [3.63, 3.8) is 0 Å². The maximum atomic E-state index is 12.4.